The number of carboxylic acid groups (broad SMARTS) is 1. The lowest BCUT2D eigenvalue weighted by molar-refractivity contribution is 0.0696. The fourth-order valence-electron chi connectivity index (χ4n) is 2.65. The summed E-state index contributed by atoms with van der Waals surface area (Å²) in [5.74, 6) is -1.19. The zero-order valence-electron chi connectivity index (χ0n) is 12.1. The minimum absolute atomic E-state index is 0.0221. The quantitative estimate of drug-likeness (QED) is 0.922. The molecule has 0 amide bonds. The van der Waals surface area contributed by atoms with Crippen molar-refractivity contribution in [1.82, 2.24) is 4.31 Å². The third kappa shape index (κ3) is 2.97. The van der Waals surface area contributed by atoms with Gasteiger partial charge in [-0.2, -0.15) is 4.31 Å². The molecule has 0 spiro atoms. The number of nitrogens with zero attached hydrogens (tertiary/aromatic N) is 1. The van der Waals surface area contributed by atoms with Gasteiger partial charge in [-0.25, -0.2) is 13.2 Å². The monoisotopic (exact) mass is 351 g/mol. The predicted molar refractivity (Wildman–Crippen MR) is 86.2 cm³/mol. The van der Waals surface area contributed by atoms with Gasteiger partial charge in [0, 0.05) is 13.1 Å². The van der Waals surface area contributed by atoms with Gasteiger partial charge in [0.1, 0.15) is 4.90 Å². The molecule has 0 unspecified atom stereocenters. The Morgan fingerprint density at radius 1 is 1.13 bits per heavy atom. The Hall–Kier alpha value is -1.89. The largest absolute Gasteiger partial charge is 0.478 e. The smallest absolute Gasteiger partial charge is 0.335 e. The molecule has 5 nitrogen and oxygen atoms in total. The molecule has 0 aromatic heterocycles. The highest BCUT2D eigenvalue weighted by Crippen LogP contribution is 2.29. The van der Waals surface area contributed by atoms with Crippen molar-refractivity contribution in [2.75, 3.05) is 6.54 Å². The van der Waals surface area contributed by atoms with E-state index in [1.54, 1.807) is 0 Å². The molecule has 1 aliphatic heterocycles. The van der Waals surface area contributed by atoms with Crippen LogP contribution >= 0.6 is 11.6 Å². The van der Waals surface area contributed by atoms with E-state index in [2.05, 4.69) is 0 Å². The molecule has 0 atom stereocenters. The summed E-state index contributed by atoms with van der Waals surface area (Å²) in [5.41, 5.74) is 1.97. The molecular formula is C16H14ClNO4S. The fraction of sp³-hybridized carbons (Fsp3) is 0.188. The predicted octanol–water partition coefficient (Wildman–Crippen LogP) is 2.79. The van der Waals surface area contributed by atoms with Crippen LogP contribution in [0.15, 0.2) is 47.4 Å². The van der Waals surface area contributed by atoms with E-state index in [0.29, 0.717) is 13.0 Å². The van der Waals surface area contributed by atoms with Crippen LogP contribution in [0.3, 0.4) is 0 Å². The van der Waals surface area contributed by atoms with Crippen molar-refractivity contribution >= 4 is 27.6 Å². The van der Waals surface area contributed by atoms with Crippen LogP contribution in [0.2, 0.25) is 5.02 Å². The average molecular weight is 352 g/mol. The van der Waals surface area contributed by atoms with E-state index in [4.69, 9.17) is 16.7 Å². The Bertz CT molecular complexity index is 879. The summed E-state index contributed by atoms with van der Waals surface area (Å²) in [7, 11) is -3.85. The maximum absolute atomic E-state index is 12.8. The molecule has 23 heavy (non-hydrogen) atoms. The molecule has 0 saturated heterocycles. The Balaban J connectivity index is 2.00. The number of carbonyl (C=O) groups is 1. The Kier molecular flexibility index (Phi) is 4.14. The fourth-order valence-corrected chi connectivity index (χ4v) is 4.57. The number of hydrogen-bond donors (Lipinski definition) is 1. The SMILES string of the molecule is O=C(O)c1ccc(Cl)c(S(=O)(=O)N2CCc3ccccc3C2)c1. The molecule has 1 aliphatic rings. The van der Waals surface area contributed by atoms with Crippen molar-refractivity contribution in [3.8, 4) is 0 Å². The third-order valence-corrected chi connectivity index (χ3v) is 6.22. The van der Waals surface area contributed by atoms with E-state index in [-0.39, 0.29) is 22.0 Å². The second-order valence-corrected chi connectivity index (χ2v) is 7.62. The van der Waals surface area contributed by atoms with Crippen LogP contribution in [0, 0.1) is 0 Å². The van der Waals surface area contributed by atoms with Gasteiger partial charge in [-0.15, -0.1) is 0 Å². The van der Waals surface area contributed by atoms with Gasteiger partial charge >= 0.3 is 5.97 Å². The molecule has 120 valence electrons. The van der Waals surface area contributed by atoms with Gasteiger partial charge in [0.05, 0.1) is 10.6 Å². The van der Waals surface area contributed by atoms with E-state index < -0.39 is 16.0 Å². The second kappa shape index (κ2) is 5.96. The Labute approximate surface area is 139 Å². The topological polar surface area (TPSA) is 74.7 Å². The van der Waals surface area contributed by atoms with Gasteiger partial charge in [-0.3, -0.25) is 0 Å². The molecule has 3 rings (SSSR count). The van der Waals surface area contributed by atoms with Crippen LogP contribution in [0.25, 0.3) is 0 Å². The molecule has 0 saturated carbocycles. The molecule has 0 radical (unpaired) electrons. The standard InChI is InChI=1S/C16H14ClNO4S/c17-14-6-5-12(16(19)20)9-15(14)23(21,22)18-8-7-11-3-1-2-4-13(11)10-18/h1-6,9H,7-8,10H2,(H,19,20). The number of carboxylic acids is 1. The molecule has 7 heteroatoms. The van der Waals surface area contributed by atoms with E-state index in [1.807, 2.05) is 24.3 Å². The van der Waals surface area contributed by atoms with Crippen LogP contribution < -0.4 is 0 Å². The number of rotatable bonds is 3. The number of aromatic carboxylic acids is 1. The number of fused-ring (bicyclic) bond motifs is 1. The van der Waals surface area contributed by atoms with Crippen molar-refractivity contribution in [1.29, 1.82) is 0 Å². The zero-order valence-corrected chi connectivity index (χ0v) is 13.6. The van der Waals surface area contributed by atoms with Crippen LogP contribution in [0.1, 0.15) is 21.5 Å². The summed E-state index contributed by atoms with van der Waals surface area (Å²) in [5, 5.41) is 9.08. The van der Waals surface area contributed by atoms with Crippen LogP contribution in [-0.2, 0) is 23.0 Å². The summed E-state index contributed by atoms with van der Waals surface area (Å²) < 4.78 is 27.0. The zero-order chi connectivity index (χ0) is 16.6. The highest BCUT2D eigenvalue weighted by Gasteiger charge is 2.30. The number of halogens is 1. The van der Waals surface area contributed by atoms with E-state index >= 15 is 0 Å². The number of sulfonamides is 1. The molecule has 1 heterocycles. The maximum Gasteiger partial charge on any atom is 0.335 e. The average Bonchev–Trinajstić information content (AvgIpc) is 2.54. The molecule has 1 N–H and O–H groups in total. The lowest BCUT2D eigenvalue weighted by Crippen LogP contribution is -2.36. The van der Waals surface area contributed by atoms with Gasteiger partial charge in [-0.1, -0.05) is 35.9 Å². The normalized spacial score (nSPS) is 15.2. The Morgan fingerprint density at radius 3 is 2.52 bits per heavy atom. The van der Waals surface area contributed by atoms with Crippen LogP contribution in [0.4, 0.5) is 0 Å². The third-order valence-electron chi connectivity index (χ3n) is 3.89. The van der Waals surface area contributed by atoms with E-state index in [1.165, 1.54) is 16.4 Å². The van der Waals surface area contributed by atoms with Gasteiger partial charge in [0.2, 0.25) is 10.0 Å². The highest BCUT2D eigenvalue weighted by molar-refractivity contribution is 7.89. The van der Waals surface area contributed by atoms with Crippen molar-refractivity contribution in [2.24, 2.45) is 0 Å². The van der Waals surface area contributed by atoms with Crippen LogP contribution in [-0.4, -0.2) is 30.3 Å². The van der Waals surface area contributed by atoms with Gasteiger partial charge < -0.3 is 5.11 Å². The molecule has 0 bridgehead atoms. The first kappa shape index (κ1) is 16.0. The summed E-state index contributed by atoms with van der Waals surface area (Å²) >= 11 is 6.01. The van der Waals surface area contributed by atoms with Crippen molar-refractivity contribution in [2.45, 2.75) is 17.9 Å². The van der Waals surface area contributed by atoms with Crippen molar-refractivity contribution in [3.05, 3.63) is 64.2 Å². The summed E-state index contributed by atoms with van der Waals surface area (Å²) in [4.78, 5) is 10.9. The van der Waals surface area contributed by atoms with Gasteiger partial charge in [0.15, 0.2) is 0 Å². The first-order chi connectivity index (χ1) is 10.9. The summed E-state index contributed by atoms with van der Waals surface area (Å²) in [6, 6.07) is 11.4. The number of hydrogen-bond acceptors (Lipinski definition) is 3. The first-order valence-corrected chi connectivity index (χ1v) is 8.81. The van der Waals surface area contributed by atoms with E-state index in [0.717, 1.165) is 17.2 Å². The van der Waals surface area contributed by atoms with E-state index in [9.17, 15) is 13.2 Å². The van der Waals surface area contributed by atoms with Gasteiger partial charge in [-0.05, 0) is 35.7 Å². The maximum atomic E-state index is 12.8. The molecule has 0 fully saturated rings. The lowest BCUT2D eigenvalue weighted by Gasteiger charge is -2.28. The summed E-state index contributed by atoms with van der Waals surface area (Å²) in [6.45, 7) is 0.596. The molecule has 0 aliphatic carbocycles. The minimum atomic E-state index is -3.85. The molecule has 2 aromatic rings. The first-order valence-electron chi connectivity index (χ1n) is 6.99. The Morgan fingerprint density at radius 2 is 1.83 bits per heavy atom. The van der Waals surface area contributed by atoms with Crippen molar-refractivity contribution < 1.29 is 18.3 Å². The minimum Gasteiger partial charge on any atom is -0.478 e. The second-order valence-electron chi connectivity index (χ2n) is 5.31. The summed E-state index contributed by atoms with van der Waals surface area (Å²) in [6.07, 6.45) is 0.617. The van der Waals surface area contributed by atoms with Crippen LogP contribution in [0.5, 0.6) is 0 Å². The number of benzene rings is 2. The van der Waals surface area contributed by atoms with Gasteiger partial charge in [0.25, 0.3) is 0 Å². The highest BCUT2D eigenvalue weighted by atomic mass is 35.5. The van der Waals surface area contributed by atoms with Crippen molar-refractivity contribution in [3.63, 3.8) is 0 Å². The molecular weight excluding hydrogens is 338 g/mol. The molecule has 2 aromatic carbocycles. The lowest BCUT2D eigenvalue weighted by atomic mass is 10.0.